The van der Waals surface area contributed by atoms with Crippen molar-refractivity contribution >= 4 is 12.1 Å². The molecule has 2 unspecified atom stereocenters. The molecule has 2 atom stereocenters. The molecule has 0 saturated carbocycles. The first-order valence-electron chi connectivity index (χ1n) is 11.0. The zero-order valence-corrected chi connectivity index (χ0v) is 18.2. The second kappa shape index (κ2) is 8.35. The van der Waals surface area contributed by atoms with E-state index in [0.717, 1.165) is 27.8 Å². The average Bonchev–Trinajstić information content (AvgIpc) is 3.38. The van der Waals surface area contributed by atoms with Crippen molar-refractivity contribution in [1.29, 1.82) is 0 Å². The summed E-state index contributed by atoms with van der Waals surface area (Å²) in [6.07, 6.45) is -0.523. The maximum atomic E-state index is 13.6. The molecule has 1 heterocycles. The normalized spacial score (nSPS) is 19.3. The predicted octanol–water partition coefficient (Wildman–Crippen LogP) is 5.18. The first kappa shape index (κ1) is 21.2. The smallest absolute Gasteiger partial charge is 0.409 e. The highest BCUT2D eigenvalue weighted by Crippen LogP contribution is 2.44. The molecule has 1 amide bonds. The highest BCUT2D eigenvalue weighted by Gasteiger charge is 2.42. The quantitative estimate of drug-likeness (QED) is 0.601. The molecule has 0 radical (unpaired) electrons. The second-order valence-corrected chi connectivity index (χ2v) is 8.76. The number of hydrogen-bond donors (Lipinski definition) is 1. The van der Waals surface area contributed by atoms with E-state index in [1.165, 1.54) is 17.0 Å². The van der Waals surface area contributed by atoms with Gasteiger partial charge in [0, 0.05) is 24.9 Å². The number of nitrogens with zero attached hydrogens (tertiary/aromatic N) is 1. The fourth-order valence-electron chi connectivity index (χ4n) is 5.26. The Kier molecular flexibility index (Phi) is 5.36. The summed E-state index contributed by atoms with van der Waals surface area (Å²) in [7, 11) is 0. The largest absolute Gasteiger partial charge is 0.481 e. The summed E-state index contributed by atoms with van der Waals surface area (Å²) < 4.78 is 19.3. The molecule has 0 spiro atoms. The fourth-order valence-corrected chi connectivity index (χ4v) is 5.26. The minimum Gasteiger partial charge on any atom is -0.481 e. The van der Waals surface area contributed by atoms with Gasteiger partial charge < -0.3 is 14.7 Å². The minimum absolute atomic E-state index is 0.0608. The van der Waals surface area contributed by atoms with Crippen molar-refractivity contribution in [1.82, 2.24) is 4.90 Å². The van der Waals surface area contributed by atoms with E-state index >= 15 is 0 Å². The lowest BCUT2D eigenvalue weighted by Gasteiger charge is -2.20. The number of carbonyl (C=O) groups is 2. The number of aryl methyl sites for hydroxylation is 1. The third-order valence-electron chi connectivity index (χ3n) is 6.86. The van der Waals surface area contributed by atoms with E-state index in [9.17, 15) is 19.1 Å². The summed E-state index contributed by atoms with van der Waals surface area (Å²) in [6, 6.07) is 20.5. The standard InChI is InChI=1S/C27H24FNO4/c1-16-12-17(28)10-11-18(16)23-13-29(14-24(23)26(30)31)27(32)33-15-25-21-8-4-2-6-19(21)20-7-3-5-9-22(20)25/h2-12,23-25H,13-15H2,1H3,(H,30,31). The van der Waals surface area contributed by atoms with E-state index in [1.54, 1.807) is 13.0 Å². The molecule has 0 bridgehead atoms. The highest BCUT2D eigenvalue weighted by molar-refractivity contribution is 5.79. The third kappa shape index (κ3) is 3.75. The first-order valence-corrected chi connectivity index (χ1v) is 11.0. The van der Waals surface area contributed by atoms with Crippen LogP contribution in [0, 0.1) is 18.7 Å². The van der Waals surface area contributed by atoms with Gasteiger partial charge in [-0.3, -0.25) is 4.79 Å². The molecule has 1 N–H and O–H groups in total. The van der Waals surface area contributed by atoms with Gasteiger partial charge in [-0.25, -0.2) is 9.18 Å². The number of amides is 1. The van der Waals surface area contributed by atoms with Gasteiger partial charge in [-0.05, 0) is 52.4 Å². The Labute approximate surface area is 191 Å². The van der Waals surface area contributed by atoms with Crippen molar-refractivity contribution < 1.29 is 23.8 Å². The number of hydrogen-bond acceptors (Lipinski definition) is 3. The number of benzene rings is 3. The van der Waals surface area contributed by atoms with Crippen LogP contribution in [0.25, 0.3) is 11.1 Å². The van der Waals surface area contributed by atoms with Crippen molar-refractivity contribution in [3.8, 4) is 11.1 Å². The third-order valence-corrected chi connectivity index (χ3v) is 6.86. The van der Waals surface area contributed by atoms with Crippen LogP contribution < -0.4 is 0 Å². The maximum Gasteiger partial charge on any atom is 0.409 e. The minimum atomic E-state index is -0.974. The molecule has 3 aromatic rings. The van der Waals surface area contributed by atoms with Crippen LogP contribution in [0.2, 0.25) is 0 Å². The lowest BCUT2D eigenvalue weighted by molar-refractivity contribution is -0.141. The van der Waals surface area contributed by atoms with Crippen LogP contribution in [0.1, 0.15) is 34.1 Å². The molecule has 5 rings (SSSR count). The van der Waals surface area contributed by atoms with E-state index < -0.39 is 23.9 Å². The van der Waals surface area contributed by atoms with Crippen LogP contribution in [-0.2, 0) is 9.53 Å². The molecule has 33 heavy (non-hydrogen) atoms. The van der Waals surface area contributed by atoms with E-state index in [4.69, 9.17) is 4.74 Å². The Bertz CT molecular complexity index is 1190. The van der Waals surface area contributed by atoms with Crippen LogP contribution >= 0.6 is 0 Å². The number of likely N-dealkylation sites (tertiary alicyclic amines) is 1. The number of aliphatic carboxylic acids is 1. The Balaban J connectivity index is 1.33. The van der Waals surface area contributed by atoms with Crippen molar-refractivity contribution in [2.24, 2.45) is 5.92 Å². The van der Waals surface area contributed by atoms with E-state index in [0.29, 0.717) is 5.56 Å². The number of ether oxygens (including phenoxy) is 1. The Hall–Kier alpha value is -3.67. The van der Waals surface area contributed by atoms with Gasteiger partial charge in [-0.2, -0.15) is 0 Å². The van der Waals surface area contributed by atoms with Crippen LogP contribution in [0.15, 0.2) is 66.7 Å². The zero-order valence-electron chi connectivity index (χ0n) is 18.2. The van der Waals surface area contributed by atoms with E-state index in [1.807, 2.05) is 24.3 Å². The summed E-state index contributed by atoms with van der Waals surface area (Å²) in [4.78, 5) is 26.3. The molecular formula is C27H24FNO4. The van der Waals surface area contributed by atoms with Crippen LogP contribution in [0.5, 0.6) is 0 Å². The van der Waals surface area contributed by atoms with Gasteiger partial charge in [0.25, 0.3) is 0 Å². The molecule has 6 heteroatoms. The SMILES string of the molecule is Cc1cc(F)ccc1C1CN(C(=O)OCC2c3ccccc3-c3ccccc32)CC1C(=O)O. The number of halogens is 1. The number of fused-ring (bicyclic) bond motifs is 3. The van der Waals surface area contributed by atoms with Crippen LogP contribution in [0.4, 0.5) is 9.18 Å². The Morgan fingerprint density at radius 2 is 1.61 bits per heavy atom. The van der Waals surface area contributed by atoms with Gasteiger partial charge in [-0.15, -0.1) is 0 Å². The number of carbonyl (C=O) groups excluding carboxylic acids is 1. The molecule has 5 nitrogen and oxygen atoms in total. The molecule has 1 aliphatic carbocycles. The summed E-state index contributed by atoms with van der Waals surface area (Å²) in [5, 5.41) is 9.76. The average molecular weight is 445 g/mol. The van der Waals surface area contributed by atoms with Gasteiger partial charge >= 0.3 is 12.1 Å². The Morgan fingerprint density at radius 3 is 2.21 bits per heavy atom. The number of rotatable bonds is 4. The molecule has 2 aliphatic rings. The topological polar surface area (TPSA) is 66.8 Å². The van der Waals surface area contributed by atoms with Crippen molar-refractivity contribution in [2.75, 3.05) is 19.7 Å². The van der Waals surface area contributed by atoms with Gasteiger partial charge in [0.2, 0.25) is 0 Å². The van der Waals surface area contributed by atoms with Crippen LogP contribution in [-0.4, -0.2) is 41.8 Å². The monoisotopic (exact) mass is 445 g/mol. The van der Waals surface area contributed by atoms with Crippen molar-refractivity contribution in [2.45, 2.75) is 18.8 Å². The Morgan fingerprint density at radius 1 is 0.970 bits per heavy atom. The van der Waals surface area contributed by atoms with Gasteiger partial charge in [-0.1, -0.05) is 54.6 Å². The lowest BCUT2D eigenvalue weighted by atomic mass is 9.86. The van der Waals surface area contributed by atoms with Gasteiger partial charge in [0.15, 0.2) is 0 Å². The highest BCUT2D eigenvalue weighted by atomic mass is 19.1. The first-order chi connectivity index (χ1) is 15.9. The summed E-state index contributed by atoms with van der Waals surface area (Å²) in [5.41, 5.74) is 5.96. The maximum absolute atomic E-state index is 13.6. The molecule has 3 aromatic carbocycles. The zero-order chi connectivity index (χ0) is 23.1. The lowest BCUT2D eigenvalue weighted by Crippen LogP contribution is -2.31. The van der Waals surface area contributed by atoms with Gasteiger partial charge in [0.1, 0.15) is 12.4 Å². The number of carboxylic acid groups (broad SMARTS) is 1. The summed E-state index contributed by atoms with van der Waals surface area (Å²) in [6.45, 7) is 2.22. The second-order valence-electron chi connectivity index (χ2n) is 8.76. The molecule has 1 fully saturated rings. The predicted molar refractivity (Wildman–Crippen MR) is 122 cm³/mol. The number of carboxylic acids is 1. The summed E-state index contributed by atoms with van der Waals surface area (Å²) >= 11 is 0. The molecule has 1 saturated heterocycles. The van der Waals surface area contributed by atoms with Crippen LogP contribution in [0.3, 0.4) is 0 Å². The van der Waals surface area contributed by atoms with E-state index in [2.05, 4.69) is 24.3 Å². The van der Waals surface area contributed by atoms with Gasteiger partial charge in [0.05, 0.1) is 5.92 Å². The molecule has 168 valence electrons. The van der Waals surface area contributed by atoms with Crippen molar-refractivity contribution in [3.63, 3.8) is 0 Å². The van der Waals surface area contributed by atoms with E-state index in [-0.39, 0.29) is 31.4 Å². The van der Waals surface area contributed by atoms with Crippen molar-refractivity contribution in [3.05, 3.63) is 94.8 Å². The molecular weight excluding hydrogens is 421 g/mol. The molecule has 1 aliphatic heterocycles. The summed E-state index contributed by atoms with van der Waals surface area (Å²) in [5.74, 6) is -2.58. The fraction of sp³-hybridized carbons (Fsp3) is 0.259. The molecule has 0 aromatic heterocycles.